The van der Waals surface area contributed by atoms with Gasteiger partial charge in [-0.1, -0.05) is 24.4 Å². The number of hydrogen-bond donors (Lipinski definition) is 1. The molecule has 5 nitrogen and oxygen atoms in total. The minimum atomic E-state index is -0.422. The zero-order valence-electron chi connectivity index (χ0n) is 9.43. The topological polar surface area (TPSA) is 77.8 Å². The van der Waals surface area contributed by atoms with Gasteiger partial charge in [0, 0.05) is 6.20 Å². The highest BCUT2D eigenvalue weighted by molar-refractivity contribution is 7.13. The third kappa shape index (κ3) is 1.98. The molecule has 0 aliphatic heterocycles. The normalized spacial score (nSPS) is 19.4. The standard InChI is InChI=1S/C11H14N4OS/c12-11(4-2-1-3-5-11)10-14-9(15-16-10)8-6-13-7-17-8/h6-7H,1-5,12H2. The van der Waals surface area contributed by atoms with E-state index in [1.54, 1.807) is 11.7 Å². The van der Waals surface area contributed by atoms with Crippen LogP contribution < -0.4 is 5.73 Å². The van der Waals surface area contributed by atoms with Gasteiger partial charge in [-0.15, -0.1) is 11.3 Å². The average Bonchev–Trinajstić information content (AvgIpc) is 3.01. The number of nitrogens with two attached hydrogens (primary N) is 1. The summed E-state index contributed by atoms with van der Waals surface area (Å²) in [4.78, 5) is 9.34. The maximum atomic E-state index is 6.34. The van der Waals surface area contributed by atoms with Crippen LogP contribution in [0, 0.1) is 0 Å². The summed E-state index contributed by atoms with van der Waals surface area (Å²) in [6, 6.07) is 0. The molecule has 1 saturated carbocycles. The van der Waals surface area contributed by atoms with E-state index in [9.17, 15) is 0 Å². The van der Waals surface area contributed by atoms with Crippen LogP contribution in [-0.2, 0) is 5.54 Å². The van der Waals surface area contributed by atoms with Crippen LogP contribution in [0.4, 0.5) is 0 Å². The minimum absolute atomic E-state index is 0.422. The van der Waals surface area contributed by atoms with E-state index in [-0.39, 0.29) is 0 Å². The third-order valence-corrected chi connectivity index (χ3v) is 4.02. The van der Waals surface area contributed by atoms with E-state index in [1.807, 2.05) is 0 Å². The van der Waals surface area contributed by atoms with Gasteiger partial charge in [0.25, 0.3) is 0 Å². The molecule has 1 aliphatic carbocycles. The second kappa shape index (κ2) is 4.19. The van der Waals surface area contributed by atoms with Gasteiger partial charge < -0.3 is 10.3 Å². The van der Waals surface area contributed by atoms with Crippen molar-refractivity contribution in [1.29, 1.82) is 0 Å². The maximum absolute atomic E-state index is 6.34. The first kappa shape index (κ1) is 10.9. The number of hydrogen-bond acceptors (Lipinski definition) is 6. The van der Waals surface area contributed by atoms with Crippen molar-refractivity contribution in [2.45, 2.75) is 37.6 Å². The molecule has 2 heterocycles. The van der Waals surface area contributed by atoms with Gasteiger partial charge in [-0.2, -0.15) is 4.98 Å². The highest BCUT2D eigenvalue weighted by Crippen LogP contribution is 2.34. The summed E-state index contributed by atoms with van der Waals surface area (Å²) in [5.74, 6) is 1.17. The van der Waals surface area contributed by atoms with Gasteiger partial charge in [0.05, 0.1) is 15.9 Å². The van der Waals surface area contributed by atoms with Gasteiger partial charge in [0.1, 0.15) is 0 Å². The van der Waals surface area contributed by atoms with Gasteiger partial charge in [0.15, 0.2) is 0 Å². The van der Waals surface area contributed by atoms with Gasteiger partial charge in [-0.05, 0) is 12.8 Å². The van der Waals surface area contributed by atoms with E-state index in [2.05, 4.69) is 15.1 Å². The Morgan fingerprint density at radius 3 is 2.82 bits per heavy atom. The molecule has 2 aromatic rings. The molecule has 1 aliphatic rings. The van der Waals surface area contributed by atoms with E-state index in [1.165, 1.54) is 17.8 Å². The van der Waals surface area contributed by atoms with Gasteiger partial charge in [-0.3, -0.25) is 4.98 Å². The molecule has 0 unspecified atom stereocenters. The summed E-state index contributed by atoms with van der Waals surface area (Å²) in [6.45, 7) is 0. The van der Waals surface area contributed by atoms with Crippen molar-refractivity contribution in [3.05, 3.63) is 17.6 Å². The van der Waals surface area contributed by atoms with Crippen LogP contribution in [0.5, 0.6) is 0 Å². The smallest absolute Gasteiger partial charge is 0.247 e. The number of aromatic nitrogens is 3. The van der Waals surface area contributed by atoms with Crippen LogP contribution in [0.1, 0.15) is 38.0 Å². The molecule has 0 spiro atoms. The summed E-state index contributed by atoms with van der Waals surface area (Å²) in [5.41, 5.74) is 7.67. The lowest BCUT2D eigenvalue weighted by atomic mass is 9.82. The second-order valence-electron chi connectivity index (χ2n) is 4.51. The average molecular weight is 250 g/mol. The summed E-state index contributed by atoms with van der Waals surface area (Å²) in [7, 11) is 0. The molecule has 0 saturated heterocycles. The summed E-state index contributed by atoms with van der Waals surface area (Å²) in [6.07, 6.45) is 7.11. The molecule has 0 bridgehead atoms. The van der Waals surface area contributed by atoms with E-state index < -0.39 is 5.54 Å². The maximum Gasteiger partial charge on any atom is 0.247 e. The molecule has 2 aromatic heterocycles. The van der Waals surface area contributed by atoms with E-state index in [0.717, 1.165) is 30.6 Å². The van der Waals surface area contributed by atoms with Crippen molar-refractivity contribution < 1.29 is 4.52 Å². The Labute approximate surface area is 103 Å². The van der Waals surface area contributed by atoms with E-state index in [0.29, 0.717) is 11.7 Å². The molecule has 17 heavy (non-hydrogen) atoms. The lowest BCUT2D eigenvalue weighted by Crippen LogP contribution is -2.38. The summed E-state index contributed by atoms with van der Waals surface area (Å²) in [5, 5.41) is 3.98. The van der Waals surface area contributed by atoms with Crippen LogP contribution in [-0.4, -0.2) is 15.1 Å². The Morgan fingerprint density at radius 1 is 1.29 bits per heavy atom. The quantitative estimate of drug-likeness (QED) is 0.884. The van der Waals surface area contributed by atoms with Crippen molar-refractivity contribution in [2.24, 2.45) is 5.73 Å². The molecular formula is C11H14N4OS. The van der Waals surface area contributed by atoms with Crippen molar-refractivity contribution >= 4 is 11.3 Å². The SMILES string of the molecule is NC1(c2nc(-c3cncs3)no2)CCCCC1. The fourth-order valence-corrected chi connectivity index (χ4v) is 2.79. The number of rotatable bonds is 2. The fraction of sp³-hybridized carbons (Fsp3) is 0.545. The Hall–Kier alpha value is -1.27. The molecule has 1 fully saturated rings. The van der Waals surface area contributed by atoms with Crippen molar-refractivity contribution in [2.75, 3.05) is 0 Å². The van der Waals surface area contributed by atoms with Crippen molar-refractivity contribution in [3.63, 3.8) is 0 Å². The Kier molecular flexibility index (Phi) is 2.68. The first-order chi connectivity index (χ1) is 8.28. The monoisotopic (exact) mass is 250 g/mol. The van der Waals surface area contributed by atoms with Crippen molar-refractivity contribution in [3.8, 4) is 10.7 Å². The Bertz CT molecular complexity index is 487. The highest BCUT2D eigenvalue weighted by atomic mass is 32.1. The molecular weight excluding hydrogens is 236 g/mol. The van der Waals surface area contributed by atoms with Crippen LogP contribution in [0.15, 0.2) is 16.2 Å². The van der Waals surface area contributed by atoms with Crippen LogP contribution >= 0.6 is 11.3 Å². The lowest BCUT2D eigenvalue weighted by Gasteiger charge is -2.29. The molecule has 3 rings (SSSR count). The number of thiazole rings is 1. The number of nitrogens with zero attached hydrogens (tertiary/aromatic N) is 3. The van der Waals surface area contributed by atoms with Crippen LogP contribution in [0.3, 0.4) is 0 Å². The van der Waals surface area contributed by atoms with Crippen molar-refractivity contribution in [1.82, 2.24) is 15.1 Å². The minimum Gasteiger partial charge on any atom is -0.337 e. The first-order valence-corrected chi connectivity index (χ1v) is 6.68. The van der Waals surface area contributed by atoms with Gasteiger partial charge in [0.2, 0.25) is 11.7 Å². The third-order valence-electron chi connectivity index (χ3n) is 3.25. The van der Waals surface area contributed by atoms with E-state index in [4.69, 9.17) is 10.3 Å². The molecule has 0 atom stereocenters. The molecule has 6 heteroatoms. The molecule has 2 N–H and O–H groups in total. The van der Waals surface area contributed by atoms with Crippen LogP contribution in [0.25, 0.3) is 10.7 Å². The molecule has 0 aromatic carbocycles. The zero-order valence-corrected chi connectivity index (χ0v) is 10.2. The largest absolute Gasteiger partial charge is 0.337 e. The molecule has 0 amide bonds. The molecule has 0 radical (unpaired) electrons. The summed E-state index contributed by atoms with van der Waals surface area (Å²) < 4.78 is 5.32. The predicted octanol–water partition coefficient (Wildman–Crippen LogP) is 2.31. The highest BCUT2D eigenvalue weighted by Gasteiger charge is 2.35. The predicted molar refractivity (Wildman–Crippen MR) is 64.4 cm³/mol. The van der Waals surface area contributed by atoms with Gasteiger partial charge in [-0.25, -0.2) is 0 Å². The first-order valence-electron chi connectivity index (χ1n) is 5.80. The zero-order chi connectivity index (χ0) is 11.7. The lowest BCUT2D eigenvalue weighted by molar-refractivity contribution is 0.220. The molecule has 90 valence electrons. The Balaban J connectivity index is 1.89. The summed E-state index contributed by atoms with van der Waals surface area (Å²) >= 11 is 1.50. The van der Waals surface area contributed by atoms with Crippen LogP contribution in [0.2, 0.25) is 0 Å². The fourth-order valence-electron chi connectivity index (χ4n) is 2.25. The van der Waals surface area contributed by atoms with E-state index >= 15 is 0 Å². The Morgan fingerprint density at radius 2 is 2.12 bits per heavy atom. The second-order valence-corrected chi connectivity index (χ2v) is 5.39. The van der Waals surface area contributed by atoms with Gasteiger partial charge >= 0.3 is 0 Å².